The summed E-state index contributed by atoms with van der Waals surface area (Å²) in [5.74, 6) is 0.640. The number of nitrogens with one attached hydrogen (secondary N) is 3. The van der Waals surface area contributed by atoms with Gasteiger partial charge in [-0.3, -0.25) is 9.59 Å². The van der Waals surface area contributed by atoms with Gasteiger partial charge < -0.3 is 30.9 Å². The Morgan fingerprint density at radius 1 is 1.38 bits per heavy atom. The predicted octanol–water partition coefficient (Wildman–Crippen LogP) is -0.983. The second-order valence-electron chi connectivity index (χ2n) is 5.76. The Kier molecular flexibility index (Phi) is 6.81. The normalized spacial score (nSPS) is 20.9. The van der Waals surface area contributed by atoms with Crippen molar-refractivity contribution in [2.45, 2.75) is 18.9 Å². The molecule has 2 atom stereocenters. The Bertz CT molecular complexity index is 683. The van der Waals surface area contributed by atoms with Gasteiger partial charge >= 0.3 is 6.09 Å². The highest BCUT2D eigenvalue weighted by molar-refractivity contribution is 5.93. The summed E-state index contributed by atoms with van der Waals surface area (Å²) in [7, 11) is 1.47. The third-order valence-corrected chi connectivity index (χ3v) is 3.96. The van der Waals surface area contributed by atoms with E-state index in [-0.39, 0.29) is 17.6 Å². The van der Waals surface area contributed by atoms with Gasteiger partial charge in [0, 0.05) is 32.0 Å². The fourth-order valence-electron chi connectivity index (χ4n) is 2.61. The van der Waals surface area contributed by atoms with E-state index in [2.05, 4.69) is 25.9 Å². The molecule has 0 bridgehead atoms. The number of aromatic nitrogens is 2. The molecule has 1 aromatic rings. The smallest absolute Gasteiger partial charge is 0.404 e. The number of nitrogens with zero attached hydrogens (tertiary/aromatic N) is 2. The zero-order valence-corrected chi connectivity index (χ0v) is 14.2. The van der Waals surface area contributed by atoms with E-state index < -0.39 is 12.2 Å². The highest BCUT2D eigenvalue weighted by Gasteiger charge is 2.24. The first kappa shape index (κ1) is 19.5. The van der Waals surface area contributed by atoms with Gasteiger partial charge in [-0.25, -0.2) is 9.78 Å². The molecule has 0 saturated carbocycles. The van der Waals surface area contributed by atoms with Crippen LogP contribution in [0.25, 0.3) is 0 Å². The van der Waals surface area contributed by atoms with Crippen LogP contribution in [-0.2, 0) is 11.2 Å². The summed E-state index contributed by atoms with van der Waals surface area (Å²) in [4.78, 5) is 39.5. The summed E-state index contributed by atoms with van der Waals surface area (Å²) >= 11 is 0. The molecule has 11 heteroatoms. The molecule has 2 aliphatic rings. The molecular formula is C15H21N5O6. The average molecular weight is 367 g/mol. The molecule has 0 radical (unpaired) electrons. The molecular weight excluding hydrogens is 346 g/mol. The van der Waals surface area contributed by atoms with Crippen LogP contribution in [0.4, 0.5) is 10.6 Å². The molecule has 2 aliphatic heterocycles. The number of amides is 2. The number of aliphatic hydroxyl groups excluding tert-OH is 1. The number of hydrogen-bond donors (Lipinski definition) is 5. The maximum absolute atomic E-state index is 11.1. The van der Waals surface area contributed by atoms with Crippen LogP contribution >= 0.6 is 0 Å². The van der Waals surface area contributed by atoms with Crippen LogP contribution in [0, 0.1) is 5.92 Å². The van der Waals surface area contributed by atoms with Gasteiger partial charge in [-0.2, -0.15) is 4.98 Å². The zero-order chi connectivity index (χ0) is 19.1. The molecule has 142 valence electrons. The summed E-state index contributed by atoms with van der Waals surface area (Å²) in [5, 5.41) is 25.2. The highest BCUT2D eigenvalue weighted by atomic mass is 16.5. The topological polar surface area (TPSA) is 163 Å². The predicted molar refractivity (Wildman–Crippen MR) is 89.3 cm³/mol. The Morgan fingerprint density at radius 3 is 2.73 bits per heavy atom. The van der Waals surface area contributed by atoms with E-state index in [1.807, 2.05) is 0 Å². The monoisotopic (exact) mass is 367 g/mol. The van der Waals surface area contributed by atoms with E-state index in [0.717, 1.165) is 5.56 Å². The van der Waals surface area contributed by atoms with E-state index in [1.165, 1.54) is 7.11 Å². The number of fused-ring (bicyclic) bond motifs is 1. The van der Waals surface area contributed by atoms with Crippen LogP contribution in [-0.4, -0.2) is 71.3 Å². The van der Waals surface area contributed by atoms with E-state index in [0.29, 0.717) is 50.5 Å². The minimum atomic E-state index is -1.04. The van der Waals surface area contributed by atoms with Crippen molar-refractivity contribution >= 4 is 24.1 Å². The van der Waals surface area contributed by atoms with Crippen molar-refractivity contribution < 1.29 is 29.3 Å². The molecule has 1 saturated heterocycles. The summed E-state index contributed by atoms with van der Waals surface area (Å²) in [6.45, 7) is 1.57. The van der Waals surface area contributed by atoms with E-state index in [9.17, 15) is 19.5 Å². The number of hydrogen-bond acceptors (Lipinski definition) is 8. The summed E-state index contributed by atoms with van der Waals surface area (Å²) in [5.41, 5.74) is 0.739. The third kappa shape index (κ3) is 5.10. The van der Waals surface area contributed by atoms with Crippen molar-refractivity contribution in [2.75, 3.05) is 32.1 Å². The second-order valence-corrected chi connectivity index (χ2v) is 5.76. The quantitative estimate of drug-likeness (QED) is 0.421. The van der Waals surface area contributed by atoms with Crippen molar-refractivity contribution in [3.05, 3.63) is 11.4 Å². The van der Waals surface area contributed by atoms with Crippen molar-refractivity contribution in [3.8, 4) is 5.88 Å². The minimum Gasteiger partial charge on any atom is -0.481 e. The molecule has 1 aromatic heterocycles. The molecule has 0 aromatic carbocycles. The molecule has 0 spiro atoms. The standard InChI is InChI=1S/C9H9N3O3.C6H12N2O3/c1-15-9-5-2-3-7(14)12-8(5)10-6(4-13)11-9;9-5-3-7-1-4(5)2-8-6(10)11/h4H,2-3H2,1H3,(H,10,11,12,14);4-5,7-9H,1-3H2,(H,10,11)/t;4-,5-/m.1/s1. The van der Waals surface area contributed by atoms with Gasteiger partial charge in [-0.05, 0) is 6.42 Å². The molecule has 11 nitrogen and oxygen atoms in total. The van der Waals surface area contributed by atoms with Crippen LogP contribution in [0.2, 0.25) is 0 Å². The lowest BCUT2D eigenvalue weighted by atomic mass is 10.1. The number of carbonyl (C=O) groups is 3. The molecule has 3 heterocycles. The number of aliphatic hydroxyl groups is 1. The van der Waals surface area contributed by atoms with Crippen molar-refractivity contribution in [1.29, 1.82) is 0 Å². The SMILES string of the molecule is COc1nc(C=O)nc2c1CCC(=O)N2.O=C(O)NC[C@H]1CNC[C@H]1O. The minimum absolute atomic E-state index is 0.00722. The summed E-state index contributed by atoms with van der Waals surface area (Å²) in [6, 6.07) is 0. The van der Waals surface area contributed by atoms with Gasteiger partial charge in [0.25, 0.3) is 0 Å². The lowest BCUT2D eigenvalue weighted by Gasteiger charge is -2.17. The number of rotatable bonds is 4. The third-order valence-electron chi connectivity index (χ3n) is 3.96. The van der Waals surface area contributed by atoms with Crippen LogP contribution in [0.15, 0.2) is 0 Å². The molecule has 3 rings (SSSR count). The van der Waals surface area contributed by atoms with Crippen LogP contribution in [0.5, 0.6) is 5.88 Å². The largest absolute Gasteiger partial charge is 0.481 e. The number of carbonyl (C=O) groups excluding carboxylic acids is 2. The van der Waals surface area contributed by atoms with Gasteiger partial charge in [0.05, 0.1) is 18.8 Å². The maximum atomic E-state index is 11.1. The van der Waals surface area contributed by atoms with Crippen LogP contribution in [0.3, 0.4) is 0 Å². The first-order valence-electron chi connectivity index (χ1n) is 8.00. The molecule has 26 heavy (non-hydrogen) atoms. The van der Waals surface area contributed by atoms with Gasteiger partial charge in [0.2, 0.25) is 11.8 Å². The van der Waals surface area contributed by atoms with Crippen molar-refractivity contribution in [1.82, 2.24) is 20.6 Å². The zero-order valence-electron chi connectivity index (χ0n) is 14.2. The maximum Gasteiger partial charge on any atom is 0.404 e. The number of ether oxygens (including phenoxy) is 1. The Morgan fingerprint density at radius 2 is 2.15 bits per heavy atom. The molecule has 2 amide bonds. The van der Waals surface area contributed by atoms with Gasteiger partial charge in [0.15, 0.2) is 12.1 Å². The first-order valence-corrected chi connectivity index (χ1v) is 8.00. The molecule has 0 unspecified atom stereocenters. The lowest BCUT2D eigenvalue weighted by Crippen LogP contribution is -2.33. The Labute approximate surface area is 149 Å². The lowest BCUT2D eigenvalue weighted by molar-refractivity contribution is -0.116. The second kappa shape index (κ2) is 9.06. The number of methoxy groups -OCH3 is 1. The van der Waals surface area contributed by atoms with Crippen molar-refractivity contribution in [2.24, 2.45) is 5.92 Å². The van der Waals surface area contributed by atoms with Gasteiger partial charge in [-0.1, -0.05) is 0 Å². The van der Waals surface area contributed by atoms with Gasteiger partial charge in [0.1, 0.15) is 5.82 Å². The van der Waals surface area contributed by atoms with E-state index >= 15 is 0 Å². The average Bonchev–Trinajstić information content (AvgIpc) is 3.04. The molecule has 1 fully saturated rings. The van der Waals surface area contributed by atoms with Crippen molar-refractivity contribution in [3.63, 3.8) is 0 Å². The number of β-amino-alcohol motifs (C(OH)–C–C–N with tert-alkyl or cyclic N) is 1. The van der Waals surface area contributed by atoms with E-state index in [1.54, 1.807) is 0 Å². The Balaban J connectivity index is 0.000000197. The summed E-state index contributed by atoms with van der Waals surface area (Å²) < 4.78 is 5.03. The van der Waals surface area contributed by atoms with Crippen LogP contribution in [0.1, 0.15) is 22.6 Å². The van der Waals surface area contributed by atoms with E-state index in [4.69, 9.17) is 9.84 Å². The fraction of sp³-hybridized carbons (Fsp3) is 0.533. The van der Waals surface area contributed by atoms with Gasteiger partial charge in [-0.15, -0.1) is 0 Å². The highest BCUT2D eigenvalue weighted by Crippen LogP contribution is 2.27. The summed E-state index contributed by atoms with van der Waals surface area (Å²) in [6.07, 6.45) is -0.0221. The van der Waals surface area contributed by atoms with Crippen LogP contribution < -0.4 is 20.7 Å². The Hall–Kier alpha value is -2.79. The fourth-order valence-corrected chi connectivity index (χ4v) is 2.61. The molecule has 5 N–H and O–H groups in total. The number of anilines is 1. The number of aldehydes is 1. The first-order chi connectivity index (χ1) is 12.4. The number of carboxylic acid groups (broad SMARTS) is 1. The molecule has 0 aliphatic carbocycles.